The number of rotatable bonds is 3. The Balaban J connectivity index is 2.21. The summed E-state index contributed by atoms with van der Waals surface area (Å²) >= 11 is 1.24. The molecular formula is C10H9N3O2S. The average Bonchev–Trinajstić information content (AvgIpc) is 2.64. The summed E-state index contributed by atoms with van der Waals surface area (Å²) in [5, 5.41) is 12.5. The standard InChI is InChI=1S/C10H9N3O2S/c1-6-11-10(16-13-6)12-8-4-2-3-7(5-8)9(14)15/h2-5H,1H3,(H,14,15)(H,11,12,13). The third kappa shape index (κ3) is 2.34. The predicted molar refractivity (Wildman–Crippen MR) is 61.3 cm³/mol. The lowest BCUT2D eigenvalue weighted by Gasteiger charge is -2.02. The number of benzene rings is 1. The average molecular weight is 235 g/mol. The van der Waals surface area contributed by atoms with Crippen LogP contribution in [0, 0.1) is 6.92 Å². The lowest BCUT2D eigenvalue weighted by atomic mass is 10.2. The fourth-order valence-corrected chi connectivity index (χ4v) is 1.80. The van der Waals surface area contributed by atoms with E-state index in [1.807, 2.05) is 0 Å². The second kappa shape index (κ2) is 4.28. The van der Waals surface area contributed by atoms with Crippen molar-refractivity contribution < 1.29 is 9.90 Å². The number of nitrogens with zero attached hydrogens (tertiary/aromatic N) is 2. The van der Waals surface area contributed by atoms with Crippen LogP contribution in [0.5, 0.6) is 0 Å². The molecule has 82 valence electrons. The van der Waals surface area contributed by atoms with Gasteiger partial charge in [-0.05, 0) is 25.1 Å². The van der Waals surface area contributed by atoms with Crippen LogP contribution < -0.4 is 5.32 Å². The van der Waals surface area contributed by atoms with Gasteiger partial charge in [-0.1, -0.05) is 6.07 Å². The summed E-state index contributed by atoms with van der Waals surface area (Å²) in [5.41, 5.74) is 0.933. The van der Waals surface area contributed by atoms with Crippen LogP contribution in [0.3, 0.4) is 0 Å². The first-order valence-electron chi connectivity index (χ1n) is 4.56. The SMILES string of the molecule is Cc1nsc(Nc2cccc(C(=O)O)c2)n1. The second-order valence-corrected chi connectivity index (χ2v) is 3.91. The highest BCUT2D eigenvalue weighted by atomic mass is 32.1. The van der Waals surface area contributed by atoms with Gasteiger partial charge in [0.1, 0.15) is 5.82 Å². The number of carbonyl (C=O) groups is 1. The van der Waals surface area contributed by atoms with Gasteiger partial charge in [-0.25, -0.2) is 9.78 Å². The molecule has 0 radical (unpaired) electrons. The Kier molecular flexibility index (Phi) is 2.82. The number of aromatic nitrogens is 2. The molecule has 1 aromatic heterocycles. The lowest BCUT2D eigenvalue weighted by Crippen LogP contribution is -1.97. The van der Waals surface area contributed by atoms with Gasteiger partial charge in [0.2, 0.25) is 5.13 Å². The fourth-order valence-electron chi connectivity index (χ4n) is 1.20. The number of aromatic carboxylic acids is 1. The van der Waals surface area contributed by atoms with Crippen molar-refractivity contribution in [2.45, 2.75) is 6.92 Å². The molecular weight excluding hydrogens is 226 g/mol. The maximum Gasteiger partial charge on any atom is 0.335 e. The number of aryl methyl sites for hydroxylation is 1. The van der Waals surface area contributed by atoms with Crippen molar-refractivity contribution in [3.05, 3.63) is 35.7 Å². The number of hydrogen-bond donors (Lipinski definition) is 2. The third-order valence-electron chi connectivity index (χ3n) is 1.89. The molecule has 0 fully saturated rings. The van der Waals surface area contributed by atoms with Crippen molar-refractivity contribution >= 4 is 28.3 Å². The monoisotopic (exact) mass is 235 g/mol. The molecule has 0 saturated heterocycles. The van der Waals surface area contributed by atoms with Crippen LogP contribution in [-0.4, -0.2) is 20.4 Å². The van der Waals surface area contributed by atoms with Crippen LogP contribution in [0.2, 0.25) is 0 Å². The molecule has 0 atom stereocenters. The Hall–Kier alpha value is -1.95. The van der Waals surface area contributed by atoms with Crippen LogP contribution in [0.15, 0.2) is 24.3 Å². The second-order valence-electron chi connectivity index (χ2n) is 3.16. The quantitative estimate of drug-likeness (QED) is 0.853. The first-order valence-corrected chi connectivity index (χ1v) is 5.33. The van der Waals surface area contributed by atoms with Gasteiger partial charge in [-0.15, -0.1) is 0 Å². The molecule has 16 heavy (non-hydrogen) atoms. The first kappa shape index (κ1) is 10.6. The van der Waals surface area contributed by atoms with Crippen molar-refractivity contribution in [1.82, 2.24) is 9.36 Å². The summed E-state index contributed by atoms with van der Waals surface area (Å²) in [6, 6.07) is 6.56. The Labute approximate surface area is 95.9 Å². The van der Waals surface area contributed by atoms with Crippen molar-refractivity contribution in [2.24, 2.45) is 0 Å². The summed E-state index contributed by atoms with van der Waals surface area (Å²) in [5.74, 6) is -0.251. The van der Waals surface area contributed by atoms with Crippen LogP contribution in [-0.2, 0) is 0 Å². The highest BCUT2D eigenvalue weighted by molar-refractivity contribution is 7.09. The molecule has 1 heterocycles. The molecule has 0 spiro atoms. The molecule has 5 nitrogen and oxygen atoms in total. The van der Waals surface area contributed by atoms with Crippen LogP contribution in [0.1, 0.15) is 16.2 Å². The zero-order valence-electron chi connectivity index (χ0n) is 8.47. The molecule has 0 aliphatic carbocycles. The van der Waals surface area contributed by atoms with Crippen LogP contribution in [0.4, 0.5) is 10.8 Å². The summed E-state index contributed by atoms with van der Waals surface area (Å²) < 4.78 is 4.02. The molecule has 6 heteroatoms. The van der Waals surface area contributed by atoms with E-state index in [9.17, 15) is 4.79 Å². The van der Waals surface area contributed by atoms with Gasteiger partial charge in [0.25, 0.3) is 0 Å². The van der Waals surface area contributed by atoms with Gasteiger partial charge >= 0.3 is 5.97 Å². The summed E-state index contributed by atoms with van der Waals surface area (Å²) in [4.78, 5) is 14.9. The minimum atomic E-state index is -0.947. The lowest BCUT2D eigenvalue weighted by molar-refractivity contribution is 0.0697. The smallest absolute Gasteiger partial charge is 0.335 e. The first-order chi connectivity index (χ1) is 7.65. The summed E-state index contributed by atoms with van der Waals surface area (Å²) in [7, 11) is 0. The molecule has 0 aliphatic heterocycles. The molecule has 0 unspecified atom stereocenters. The minimum Gasteiger partial charge on any atom is -0.478 e. The van der Waals surface area contributed by atoms with Crippen molar-refractivity contribution in [2.75, 3.05) is 5.32 Å². The zero-order chi connectivity index (χ0) is 11.5. The molecule has 0 bridgehead atoms. The van der Waals surface area contributed by atoms with E-state index in [2.05, 4.69) is 14.7 Å². The molecule has 2 aromatic rings. The largest absolute Gasteiger partial charge is 0.478 e. The Bertz CT molecular complexity index is 524. The maximum absolute atomic E-state index is 10.8. The number of carboxylic acids is 1. The van der Waals surface area contributed by atoms with Gasteiger partial charge in [0.05, 0.1) is 5.56 Å². The Morgan fingerprint density at radius 2 is 2.31 bits per heavy atom. The minimum absolute atomic E-state index is 0.242. The predicted octanol–water partition coefficient (Wildman–Crippen LogP) is 2.29. The maximum atomic E-state index is 10.8. The number of anilines is 2. The fraction of sp³-hybridized carbons (Fsp3) is 0.100. The van der Waals surface area contributed by atoms with Gasteiger partial charge in [0, 0.05) is 17.2 Å². The topological polar surface area (TPSA) is 75.1 Å². The van der Waals surface area contributed by atoms with Gasteiger partial charge in [-0.3, -0.25) is 0 Å². The summed E-state index contributed by atoms with van der Waals surface area (Å²) in [6.45, 7) is 1.80. The van der Waals surface area contributed by atoms with E-state index in [4.69, 9.17) is 5.11 Å². The van der Waals surface area contributed by atoms with Gasteiger partial charge in [-0.2, -0.15) is 4.37 Å². The highest BCUT2D eigenvalue weighted by Gasteiger charge is 2.04. The highest BCUT2D eigenvalue weighted by Crippen LogP contribution is 2.19. The molecule has 2 N–H and O–H groups in total. The molecule has 0 amide bonds. The molecule has 1 aromatic carbocycles. The van der Waals surface area contributed by atoms with E-state index in [0.717, 1.165) is 0 Å². The number of nitrogens with one attached hydrogen (secondary N) is 1. The van der Waals surface area contributed by atoms with E-state index in [1.54, 1.807) is 31.2 Å². The van der Waals surface area contributed by atoms with E-state index in [-0.39, 0.29) is 5.56 Å². The van der Waals surface area contributed by atoms with Gasteiger partial charge in [0.15, 0.2) is 0 Å². The third-order valence-corrected chi connectivity index (χ3v) is 2.61. The normalized spacial score (nSPS) is 10.1. The number of carboxylic acid groups (broad SMARTS) is 1. The Morgan fingerprint density at radius 1 is 1.50 bits per heavy atom. The molecule has 0 saturated carbocycles. The molecule has 2 rings (SSSR count). The van der Waals surface area contributed by atoms with Crippen LogP contribution in [0.25, 0.3) is 0 Å². The van der Waals surface area contributed by atoms with E-state index >= 15 is 0 Å². The Morgan fingerprint density at radius 3 is 2.94 bits per heavy atom. The number of hydrogen-bond acceptors (Lipinski definition) is 5. The van der Waals surface area contributed by atoms with Crippen molar-refractivity contribution in [3.8, 4) is 0 Å². The van der Waals surface area contributed by atoms with E-state index < -0.39 is 5.97 Å². The van der Waals surface area contributed by atoms with Gasteiger partial charge < -0.3 is 10.4 Å². The zero-order valence-corrected chi connectivity index (χ0v) is 9.28. The molecule has 0 aliphatic rings. The van der Waals surface area contributed by atoms with E-state index in [1.165, 1.54) is 11.5 Å². The van der Waals surface area contributed by atoms with E-state index in [0.29, 0.717) is 16.6 Å². The van der Waals surface area contributed by atoms with Crippen molar-refractivity contribution in [3.63, 3.8) is 0 Å². The van der Waals surface area contributed by atoms with Crippen LogP contribution >= 0.6 is 11.5 Å². The van der Waals surface area contributed by atoms with Crippen molar-refractivity contribution in [1.29, 1.82) is 0 Å². The summed E-state index contributed by atoms with van der Waals surface area (Å²) in [6.07, 6.45) is 0.